The van der Waals surface area contributed by atoms with Crippen molar-refractivity contribution in [1.82, 2.24) is 0 Å². The van der Waals surface area contributed by atoms with Gasteiger partial charge in [-0.25, -0.2) is 4.79 Å². The molecule has 0 heterocycles. The van der Waals surface area contributed by atoms with Crippen molar-refractivity contribution >= 4 is 11.7 Å². The predicted octanol–water partition coefficient (Wildman–Crippen LogP) is 5.47. The molecule has 2 aromatic rings. The van der Waals surface area contributed by atoms with Crippen LogP contribution in [0.25, 0.3) is 0 Å². The van der Waals surface area contributed by atoms with Crippen LogP contribution in [0.15, 0.2) is 42.5 Å². The zero-order valence-corrected chi connectivity index (χ0v) is 17.5. The molecule has 5 heteroatoms. The lowest BCUT2D eigenvalue weighted by Gasteiger charge is -2.42. The highest BCUT2D eigenvalue weighted by Crippen LogP contribution is 2.44. The van der Waals surface area contributed by atoms with Gasteiger partial charge >= 0.3 is 5.97 Å². The number of carbonyl (C=O) groups is 1. The minimum absolute atomic E-state index is 0.0468. The van der Waals surface area contributed by atoms with Crippen LogP contribution in [0.1, 0.15) is 61.4 Å². The van der Waals surface area contributed by atoms with Gasteiger partial charge in [-0.05, 0) is 92.3 Å². The fourth-order valence-corrected chi connectivity index (χ4v) is 5.21. The number of carbonyl (C=O) groups excluding carboxylic acids is 1. The fourth-order valence-electron chi connectivity index (χ4n) is 5.21. The number of phenols is 2. The number of benzene rings is 2. The summed E-state index contributed by atoms with van der Waals surface area (Å²) in [5.41, 5.74) is 1.99. The van der Waals surface area contributed by atoms with Crippen LogP contribution in [-0.2, 0) is 11.3 Å². The number of fused-ring (bicyclic) bond motifs is 2. The molecular weight excluding hydrogens is 378 g/mol. The topological polar surface area (TPSA) is 78.8 Å². The van der Waals surface area contributed by atoms with Crippen molar-refractivity contribution < 1.29 is 19.7 Å². The molecule has 0 saturated heterocycles. The van der Waals surface area contributed by atoms with Gasteiger partial charge in [-0.15, -0.1) is 0 Å². The third kappa shape index (κ3) is 4.89. The number of hydrogen-bond acceptors (Lipinski definition) is 5. The van der Waals surface area contributed by atoms with Gasteiger partial charge in [-0.3, -0.25) is 0 Å². The third-order valence-electron chi connectivity index (χ3n) is 6.71. The van der Waals surface area contributed by atoms with Crippen molar-refractivity contribution in [2.24, 2.45) is 17.8 Å². The number of anilines is 1. The Morgan fingerprint density at radius 3 is 2.37 bits per heavy atom. The Morgan fingerprint density at radius 1 is 1.00 bits per heavy atom. The van der Waals surface area contributed by atoms with Gasteiger partial charge < -0.3 is 20.3 Å². The van der Waals surface area contributed by atoms with Gasteiger partial charge in [0.25, 0.3) is 0 Å². The van der Waals surface area contributed by atoms with E-state index in [1.54, 1.807) is 12.1 Å². The monoisotopic (exact) mass is 409 g/mol. The highest BCUT2D eigenvalue weighted by molar-refractivity contribution is 5.90. The molecule has 0 aromatic heterocycles. The third-order valence-corrected chi connectivity index (χ3v) is 6.71. The van der Waals surface area contributed by atoms with Crippen LogP contribution in [-0.4, -0.2) is 22.3 Å². The maximum Gasteiger partial charge on any atom is 0.338 e. The summed E-state index contributed by atoms with van der Waals surface area (Å²) in [6.45, 7) is 2.65. The maximum absolute atomic E-state index is 12.6. The number of rotatable bonds is 6. The van der Waals surface area contributed by atoms with Crippen LogP contribution in [0.3, 0.4) is 0 Å². The van der Waals surface area contributed by atoms with Crippen LogP contribution < -0.4 is 5.32 Å². The molecule has 0 amide bonds. The molecule has 30 heavy (non-hydrogen) atoms. The lowest BCUT2D eigenvalue weighted by atomic mass is 9.66. The summed E-state index contributed by atoms with van der Waals surface area (Å²) < 4.78 is 5.86. The van der Waals surface area contributed by atoms with Crippen molar-refractivity contribution in [1.29, 1.82) is 0 Å². The summed E-state index contributed by atoms with van der Waals surface area (Å²) in [6.07, 6.45) is 7.21. The molecule has 2 aliphatic carbocycles. The molecule has 2 bridgehead atoms. The van der Waals surface area contributed by atoms with E-state index in [1.165, 1.54) is 43.9 Å². The lowest BCUT2D eigenvalue weighted by molar-refractivity contribution is -0.0115. The molecule has 5 nitrogen and oxygen atoms in total. The number of nitrogens with one attached hydrogen (secondary N) is 1. The first-order chi connectivity index (χ1) is 14.5. The number of esters is 1. The molecule has 0 spiro atoms. The quantitative estimate of drug-likeness (QED) is 0.435. The Bertz CT molecular complexity index is 865. The van der Waals surface area contributed by atoms with E-state index in [2.05, 4.69) is 12.2 Å². The molecule has 4 rings (SSSR count). The second-order valence-electron chi connectivity index (χ2n) is 8.96. The first-order valence-corrected chi connectivity index (χ1v) is 11.1. The molecule has 0 radical (unpaired) electrons. The minimum atomic E-state index is -0.246. The van der Waals surface area contributed by atoms with Crippen LogP contribution in [0.5, 0.6) is 11.5 Å². The number of aromatic hydroxyl groups is 2. The van der Waals surface area contributed by atoms with E-state index in [1.807, 2.05) is 12.1 Å². The molecule has 2 fully saturated rings. The van der Waals surface area contributed by atoms with Crippen molar-refractivity contribution in [3.63, 3.8) is 0 Å². The summed E-state index contributed by atoms with van der Waals surface area (Å²) in [4.78, 5) is 12.6. The largest absolute Gasteiger partial charge is 0.508 e. The molecule has 2 saturated carbocycles. The van der Waals surface area contributed by atoms with Gasteiger partial charge in [-0.2, -0.15) is 0 Å². The number of hydrogen-bond donors (Lipinski definition) is 3. The Hall–Kier alpha value is -2.69. The van der Waals surface area contributed by atoms with Crippen LogP contribution >= 0.6 is 0 Å². The first kappa shape index (κ1) is 20.6. The zero-order valence-electron chi connectivity index (χ0n) is 17.5. The predicted molar refractivity (Wildman–Crippen MR) is 117 cm³/mol. The summed E-state index contributed by atoms with van der Waals surface area (Å²) in [6, 6.07) is 11.6. The van der Waals surface area contributed by atoms with Crippen LogP contribution in [0.2, 0.25) is 0 Å². The minimum Gasteiger partial charge on any atom is -0.508 e. The highest BCUT2D eigenvalue weighted by Gasteiger charge is 2.37. The zero-order chi connectivity index (χ0) is 21.1. The van der Waals surface area contributed by atoms with Crippen molar-refractivity contribution in [3.05, 3.63) is 53.6 Å². The van der Waals surface area contributed by atoms with Crippen molar-refractivity contribution in [2.75, 3.05) is 5.32 Å². The van der Waals surface area contributed by atoms with Crippen LogP contribution in [0, 0.1) is 17.8 Å². The van der Waals surface area contributed by atoms with Gasteiger partial charge in [0, 0.05) is 17.8 Å². The maximum atomic E-state index is 12.6. The molecule has 3 N–H and O–H groups in total. The molecule has 0 aliphatic heterocycles. The van der Waals surface area contributed by atoms with E-state index in [0.717, 1.165) is 24.4 Å². The number of phenolic OH excluding ortho intramolecular Hbond substituents is 2. The molecule has 2 atom stereocenters. The highest BCUT2D eigenvalue weighted by atomic mass is 16.5. The molecule has 2 aromatic carbocycles. The molecule has 2 aliphatic rings. The Labute approximate surface area is 178 Å². The van der Waals surface area contributed by atoms with Gasteiger partial charge in [-0.1, -0.05) is 13.3 Å². The summed E-state index contributed by atoms with van der Waals surface area (Å²) in [7, 11) is 0. The van der Waals surface area contributed by atoms with E-state index in [-0.39, 0.29) is 23.6 Å². The van der Waals surface area contributed by atoms with Gasteiger partial charge in [0.15, 0.2) is 0 Å². The SMILES string of the molecule is CCC1CC2CC(C1)CC(OC(=O)c1ccc(NCc3cc(O)ccc3O)cc1)C2. The average Bonchev–Trinajstić information content (AvgIpc) is 2.74. The normalized spacial score (nSPS) is 25.5. The van der Waals surface area contributed by atoms with Gasteiger partial charge in [0.1, 0.15) is 17.6 Å². The van der Waals surface area contributed by atoms with E-state index < -0.39 is 0 Å². The Morgan fingerprint density at radius 2 is 1.70 bits per heavy atom. The Kier molecular flexibility index (Phi) is 6.16. The first-order valence-electron chi connectivity index (χ1n) is 11.1. The standard InChI is InChI=1S/C25H31NO4/c1-2-16-9-17-11-18(10-16)13-23(12-17)30-25(29)19-3-5-21(6-4-19)26-15-20-14-22(27)7-8-24(20)28/h3-8,14,16-18,23,26-28H,2,9-13,15H2,1H3. The van der Waals surface area contributed by atoms with Gasteiger partial charge in [0.05, 0.1) is 5.56 Å². The van der Waals surface area contributed by atoms with Crippen molar-refractivity contribution in [2.45, 2.75) is 58.1 Å². The molecule has 2 unspecified atom stereocenters. The number of ether oxygens (including phenoxy) is 1. The molecule has 160 valence electrons. The van der Waals surface area contributed by atoms with E-state index in [4.69, 9.17) is 4.74 Å². The average molecular weight is 410 g/mol. The second kappa shape index (κ2) is 8.99. The smallest absolute Gasteiger partial charge is 0.338 e. The summed E-state index contributed by atoms with van der Waals surface area (Å²) >= 11 is 0. The van der Waals surface area contributed by atoms with Gasteiger partial charge in [0.2, 0.25) is 0 Å². The van der Waals surface area contributed by atoms with E-state index in [9.17, 15) is 15.0 Å². The van der Waals surface area contributed by atoms with Crippen molar-refractivity contribution in [3.8, 4) is 11.5 Å². The Balaban J connectivity index is 1.30. The summed E-state index contributed by atoms with van der Waals surface area (Å²) in [5.74, 6) is 2.26. The lowest BCUT2D eigenvalue weighted by Crippen LogP contribution is -2.35. The van der Waals surface area contributed by atoms with Crippen LogP contribution in [0.4, 0.5) is 5.69 Å². The summed E-state index contributed by atoms with van der Waals surface area (Å²) in [5, 5.41) is 22.6. The van der Waals surface area contributed by atoms with E-state index in [0.29, 0.717) is 29.5 Å². The fraction of sp³-hybridized carbons (Fsp3) is 0.480. The molecular formula is C25H31NO4. The second-order valence-corrected chi connectivity index (χ2v) is 8.96. The van der Waals surface area contributed by atoms with E-state index >= 15 is 0 Å².